The summed E-state index contributed by atoms with van der Waals surface area (Å²) in [7, 11) is 0. The lowest BCUT2D eigenvalue weighted by Gasteiger charge is -2.19. The molecule has 0 aliphatic rings. The lowest BCUT2D eigenvalue weighted by Crippen LogP contribution is -2.36. The quantitative estimate of drug-likeness (QED) is 0.818. The van der Waals surface area contributed by atoms with E-state index in [-0.39, 0.29) is 24.4 Å². The third-order valence-corrected chi connectivity index (χ3v) is 3.40. The van der Waals surface area contributed by atoms with Gasteiger partial charge in [-0.3, -0.25) is 4.79 Å². The highest BCUT2D eigenvalue weighted by molar-refractivity contribution is 5.85. The fourth-order valence-electron chi connectivity index (χ4n) is 2.24. The zero-order valence-electron chi connectivity index (χ0n) is 13.1. The Balaban J connectivity index is 0.00000264. The van der Waals surface area contributed by atoms with E-state index in [1.807, 2.05) is 67.6 Å². The van der Waals surface area contributed by atoms with Gasteiger partial charge >= 0.3 is 0 Å². The summed E-state index contributed by atoms with van der Waals surface area (Å²) < 4.78 is 5.57. The molecule has 2 aromatic carbocycles. The number of hydrogen-bond acceptors (Lipinski definition) is 3. The highest BCUT2D eigenvalue weighted by Gasteiger charge is 2.21. The summed E-state index contributed by atoms with van der Waals surface area (Å²) in [4.78, 5) is 12.4. The maximum atomic E-state index is 12.4. The zero-order chi connectivity index (χ0) is 15.8. The molecule has 2 aromatic rings. The molecular formula is C18H23ClN2O2. The molecule has 0 aliphatic heterocycles. The molecule has 5 heteroatoms. The van der Waals surface area contributed by atoms with Gasteiger partial charge in [0.2, 0.25) is 0 Å². The van der Waals surface area contributed by atoms with Crippen LogP contribution in [0.3, 0.4) is 0 Å². The van der Waals surface area contributed by atoms with Crippen LogP contribution in [0, 0.1) is 0 Å². The summed E-state index contributed by atoms with van der Waals surface area (Å²) in [6.07, 6.45) is -0.603. The van der Waals surface area contributed by atoms with E-state index in [1.54, 1.807) is 0 Å². The maximum absolute atomic E-state index is 12.4. The minimum atomic E-state index is -0.603. The number of amides is 1. The van der Waals surface area contributed by atoms with E-state index in [2.05, 4.69) is 5.32 Å². The Hall–Kier alpha value is -1.88. The van der Waals surface area contributed by atoms with Gasteiger partial charge in [-0.1, -0.05) is 60.7 Å². The van der Waals surface area contributed by atoms with Crippen molar-refractivity contribution in [2.45, 2.75) is 19.1 Å². The van der Waals surface area contributed by atoms with Gasteiger partial charge < -0.3 is 15.8 Å². The highest BCUT2D eigenvalue weighted by atomic mass is 35.5. The summed E-state index contributed by atoms with van der Waals surface area (Å²) in [6, 6.07) is 19.0. The molecule has 2 atom stereocenters. The van der Waals surface area contributed by atoms with Crippen molar-refractivity contribution in [3.8, 4) is 0 Å². The normalized spacial score (nSPS) is 12.8. The van der Waals surface area contributed by atoms with Gasteiger partial charge in [0.05, 0.1) is 0 Å². The molecule has 2 rings (SSSR count). The van der Waals surface area contributed by atoms with Crippen LogP contribution < -0.4 is 11.1 Å². The molecule has 0 fully saturated rings. The van der Waals surface area contributed by atoms with E-state index in [9.17, 15) is 4.79 Å². The van der Waals surface area contributed by atoms with Crippen LogP contribution in [0.15, 0.2) is 60.7 Å². The van der Waals surface area contributed by atoms with Crippen LogP contribution in [0.1, 0.15) is 30.2 Å². The molecule has 0 heterocycles. The largest absolute Gasteiger partial charge is 0.364 e. The van der Waals surface area contributed by atoms with E-state index in [0.717, 1.165) is 11.1 Å². The van der Waals surface area contributed by atoms with Gasteiger partial charge in [0.15, 0.2) is 6.10 Å². The molecule has 23 heavy (non-hydrogen) atoms. The Labute approximate surface area is 143 Å². The van der Waals surface area contributed by atoms with Gasteiger partial charge in [0.25, 0.3) is 5.91 Å². The first kappa shape index (κ1) is 19.2. The Kier molecular flexibility index (Phi) is 8.33. The van der Waals surface area contributed by atoms with E-state index in [0.29, 0.717) is 13.2 Å². The molecule has 0 aromatic heterocycles. The molecule has 0 aliphatic carbocycles. The second-order valence-electron chi connectivity index (χ2n) is 5.01. The first-order valence-corrected chi connectivity index (χ1v) is 7.47. The van der Waals surface area contributed by atoms with Crippen molar-refractivity contribution in [1.82, 2.24) is 5.32 Å². The fraction of sp³-hybridized carbons (Fsp3) is 0.278. The van der Waals surface area contributed by atoms with Crippen LogP contribution in [0.25, 0.3) is 0 Å². The number of benzene rings is 2. The molecular weight excluding hydrogens is 312 g/mol. The molecule has 4 nitrogen and oxygen atoms in total. The SMILES string of the molecule is CCOC(C(=O)NCC(N)c1ccccc1)c1ccccc1.Cl. The van der Waals surface area contributed by atoms with E-state index in [4.69, 9.17) is 10.5 Å². The van der Waals surface area contributed by atoms with Gasteiger partial charge in [-0.05, 0) is 18.1 Å². The van der Waals surface area contributed by atoms with Crippen molar-refractivity contribution < 1.29 is 9.53 Å². The molecule has 3 N–H and O–H groups in total. The zero-order valence-corrected chi connectivity index (χ0v) is 14.0. The smallest absolute Gasteiger partial charge is 0.253 e. The summed E-state index contributed by atoms with van der Waals surface area (Å²) in [5.74, 6) is -0.167. The van der Waals surface area contributed by atoms with Crippen molar-refractivity contribution in [1.29, 1.82) is 0 Å². The first-order valence-electron chi connectivity index (χ1n) is 7.47. The van der Waals surface area contributed by atoms with Gasteiger partial charge in [0, 0.05) is 19.2 Å². The Morgan fingerprint density at radius 3 is 2.09 bits per heavy atom. The Morgan fingerprint density at radius 2 is 1.57 bits per heavy atom. The number of hydrogen-bond donors (Lipinski definition) is 2. The second kappa shape index (κ2) is 10.0. The third kappa shape index (κ3) is 5.67. The number of rotatable bonds is 7. The average molecular weight is 335 g/mol. The number of nitrogens with two attached hydrogens (primary N) is 1. The lowest BCUT2D eigenvalue weighted by atomic mass is 10.1. The Morgan fingerprint density at radius 1 is 1.04 bits per heavy atom. The summed E-state index contributed by atoms with van der Waals surface area (Å²) in [5.41, 5.74) is 7.94. The second-order valence-corrected chi connectivity index (χ2v) is 5.01. The molecule has 1 amide bonds. The molecule has 124 valence electrons. The van der Waals surface area contributed by atoms with E-state index in [1.165, 1.54) is 0 Å². The number of ether oxygens (including phenoxy) is 1. The van der Waals surface area contributed by atoms with Crippen molar-refractivity contribution >= 4 is 18.3 Å². The van der Waals surface area contributed by atoms with Crippen molar-refractivity contribution in [2.24, 2.45) is 5.73 Å². The van der Waals surface area contributed by atoms with Crippen LogP contribution in [-0.4, -0.2) is 19.1 Å². The highest BCUT2D eigenvalue weighted by Crippen LogP contribution is 2.17. The minimum Gasteiger partial charge on any atom is -0.364 e. The first-order chi connectivity index (χ1) is 10.7. The third-order valence-electron chi connectivity index (χ3n) is 3.40. The summed E-state index contributed by atoms with van der Waals surface area (Å²) >= 11 is 0. The maximum Gasteiger partial charge on any atom is 0.253 e. The summed E-state index contributed by atoms with van der Waals surface area (Å²) in [5, 5.41) is 2.88. The van der Waals surface area contributed by atoms with E-state index >= 15 is 0 Å². The van der Waals surface area contributed by atoms with Crippen molar-refractivity contribution in [2.75, 3.05) is 13.2 Å². The number of halogens is 1. The molecule has 0 saturated heterocycles. The predicted molar refractivity (Wildman–Crippen MR) is 94.4 cm³/mol. The van der Waals surface area contributed by atoms with Crippen LogP contribution in [0.4, 0.5) is 0 Å². The predicted octanol–water partition coefficient (Wildman–Crippen LogP) is 3.00. The molecule has 0 bridgehead atoms. The van der Waals surface area contributed by atoms with Crippen LogP contribution in [0.5, 0.6) is 0 Å². The van der Waals surface area contributed by atoms with Crippen LogP contribution >= 0.6 is 12.4 Å². The van der Waals surface area contributed by atoms with Gasteiger partial charge in [-0.2, -0.15) is 0 Å². The Bertz CT molecular complexity index is 578. The van der Waals surface area contributed by atoms with Crippen molar-refractivity contribution in [3.05, 3.63) is 71.8 Å². The minimum absolute atomic E-state index is 0. The molecule has 2 unspecified atom stereocenters. The van der Waals surface area contributed by atoms with Crippen molar-refractivity contribution in [3.63, 3.8) is 0 Å². The summed E-state index contributed by atoms with van der Waals surface area (Å²) in [6.45, 7) is 2.72. The van der Waals surface area contributed by atoms with Crippen LogP contribution in [-0.2, 0) is 9.53 Å². The topological polar surface area (TPSA) is 64.3 Å². The van der Waals surface area contributed by atoms with Gasteiger partial charge in [-0.15, -0.1) is 12.4 Å². The standard InChI is InChI=1S/C18H22N2O2.ClH/c1-2-22-17(15-11-7-4-8-12-15)18(21)20-13-16(19)14-9-5-3-6-10-14;/h3-12,16-17H,2,13,19H2,1H3,(H,20,21);1H. The van der Waals surface area contributed by atoms with Crippen LogP contribution in [0.2, 0.25) is 0 Å². The van der Waals surface area contributed by atoms with Gasteiger partial charge in [0.1, 0.15) is 0 Å². The number of carbonyl (C=O) groups is 1. The number of carbonyl (C=O) groups excluding carboxylic acids is 1. The average Bonchev–Trinajstić information content (AvgIpc) is 2.58. The molecule has 0 saturated carbocycles. The van der Waals surface area contributed by atoms with E-state index < -0.39 is 6.10 Å². The monoisotopic (exact) mass is 334 g/mol. The lowest BCUT2D eigenvalue weighted by molar-refractivity contribution is -0.133. The van der Waals surface area contributed by atoms with Gasteiger partial charge in [-0.25, -0.2) is 0 Å². The number of nitrogens with one attached hydrogen (secondary N) is 1. The molecule has 0 radical (unpaired) electrons. The molecule has 0 spiro atoms. The fourth-order valence-corrected chi connectivity index (χ4v) is 2.24.